The number of rotatable bonds is 6. The number of anilines is 2. The van der Waals surface area contributed by atoms with E-state index in [2.05, 4.69) is 20.2 Å². The van der Waals surface area contributed by atoms with Crippen molar-refractivity contribution in [2.45, 2.75) is 13.5 Å². The van der Waals surface area contributed by atoms with Gasteiger partial charge in [0.1, 0.15) is 6.54 Å². The largest absolute Gasteiger partial charge is 0.323 e. The topological polar surface area (TPSA) is 109 Å². The molecular weight excluding hydrogens is 398 g/mol. The maximum atomic E-state index is 12.6. The number of aryl methyl sites for hydroxylation is 1. The number of carbonyl (C=O) groups is 1. The zero-order valence-electron chi connectivity index (χ0n) is 15.3. The number of hydrogen-bond acceptors (Lipinski definition) is 5. The first kappa shape index (κ1) is 19.8. The van der Waals surface area contributed by atoms with Gasteiger partial charge in [0.05, 0.1) is 17.6 Å². The molecule has 146 valence electrons. The lowest BCUT2D eigenvalue weighted by Crippen LogP contribution is -2.21. The minimum atomic E-state index is -3.48. The van der Waals surface area contributed by atoms with Gasteiger partial charge >= 0.3 is 0 Å². The Bertz CT molecular complexity index is 1180. The zero-order chi connectivity index (χ0) is 20.3. The van der Waals surface area contributed by atoms with E-state index in [1.807, 2.05) is 31.2 Å². The molecule has 10 heteroatoms. The number of sulfonamides is 1. The number of amides is 1. The van der Waals surface area contributed by atoms with Gasteiger partial charge in [0, 0.05) is 5.56 Å². The van der Waals surface area contributed by atoms with Gasteiger partial charge in [-0.15, -0.1) is 0 Å². The fourth-order valence-corrected chi connectivity index (χ4v) is 3.46. The van der Waals surface area contributed by atoms with Gasteiger partial charge in [-0.25, -0.2) is 8.42 Å². The molecule has 0 aliphatic carbocycles. The van der Waals surface area contributed by atoms with Gasteiger partial charge in [-0.2, -0.15) is 5.10 Å². The molecule has 3 N–H and O–H groups in total. The molecule has 3 aromatic rings. The molecule has 2 aromatic carbocycles. The van der Waals surface area contributed by atoms with Gasteiger partial charge in [0.25, 0.3) is 0 Å². The highest BCUT2D eigenvalue weighted by atomic mass is 32.2. The Labute approximate surface area is 167 Å². The Morgan fingerprint density at radius 3 is 2.57 bits per heavy atom. The summed E-state index contributed by atoms with van der Waals surface area (Å²) in [5.74, 6) is 0.181. The molecule has 0 saturated heterocycles. The van der Waals surface area contributed by atoms with Crippen molar-refractivity contribution in [3.63, 3.8) is 0 Å². The summed E-state index contributed by atoms with van der Waals surface area (Å²) in [6.45, 7) is 1.89. The molecule has 1 amide bonds. The van der Waals surface area contributed by atoms with Crippen LogP contribution < -0.4 is 10.0 Å². The highest BCUT2D eigenvalue weighted by molar-refractivity contribution is 7.92. The van der Waals surface area contributed by atoms with E-state index in [1.165, 1.54) is 0 Å². The quantitative estimate of drug-likeness (QED) is 0.534. The Morgan fingerprint density at radius 1 is 1.18 bits per heavy atom. The van der Waals surface area contributed by atoms with Crippen LogP contribution in [0.2, 0.25) is 0 Å². The number of benzene rings is 2. The molecule has 0 radical (unpaired) electrons. The molecule has 28 heavy (non-hydrogen) atoms. The summed E-state index contributed by atoms with van der Waals surface area (Å²) in [5, 5.41) is 9.65. The van der Waals surface area contributed by atoms with E-state index in [0.717, 1.165) is 17.4 Å². The van der Waals surface area contributed by atoms with E-state index < -0.39 is 10.0 Å². The van der Waals surface area contributed by atoms with Crippen molar-refractivity contribution in [2.75, 3.05) is 16.3 Å². The highest BCUT2D eigenvalue weighted by Gasteiger charge is 2.14. The van der Waals surface area contributed by atoms with Crippen molar-refractivity contribution in [2.24, 2.45) is 0 Å². The summed E-state index contributed by atoms with van der Waals surface area (Å²) in [6.07, 6.45) is 1.05. The molecule has 0 saturated carbocycles. The SMILES string of the molecule is Cc1cccc(-c2n[nH]c(=S)n2CC(=O)Nc2ccccc2NS(C)(=O)=O)c1. The molecular formula is C18H19N5O3S2. The first-order valence-electron chi connectivity index (χ1n) is 8.32. The Hall–Kier alpha value is -2.98. The lowest BCUT2D eigenvalue weighted by Gasteiger charge is -2.13. The van der Waals surface area contributed by atoms with Gasteiger partial charge in [-0.3, -0.25) is 19.2 Å². The second-order valence-corrected chi connectivity index (χ2v) is 8.41. The number of hydrogen-bond donors (Lipinski definition) is 3. The minimum absolute atomic E-state index is 0.0776. The molecule has 0 spiro atoms. The fraction of sp³-hybridized carbons (Fsp3) is 0.167. The van der Waals surface area contributed by atoms with Crippen molar-refractivity contribution in [1.29, 1.82) is 0 Å². The van der Waals surface area contributed by atoms with Crippen molar-refractivity contribution in [1.82, 2.24) is 14.8 Å². The van der Waals surface area contributed by atoms with Crippen LogP contribution in [-0.4, -0.2) is 35.3 Å². The third kappa shape index (κ3) is 4.84. The maximum Gasteiger partial charge on any atom is 0.244 e. The third-order valence-electron chi connectivity index (χ3n) is 3.83. The van der Waals surface area contributed by atoms with Crippen LogP contribution in [0.4, 0.5) is 11.4 Å². The maximum absolute atomic E-state index is 12.6. The van der Waals surface area contributed by atoms with E-state index in [0.29, 0.717) is 16.3 Å². The summed E-state index contributed by atoms with van der Waals surface area (Å²) >= 11 is 5.26. The summed E-state index contributed by atoms with van der Waals surface area (Å²) in [7, 11) is -3.48. The van der Waals surface area contributed by atoms with Crippen LogP contribution in [-0.2, 0) is 21.4 Å². The number of H-pyrrole nitrogens is 1. The zero-order valence-corrected chi connectivity index (χ0v) is 16.9. The third-order valence-corrected chi connectivity index (χ3v) is 4.74. The minimum Gasteiger partial charge on any atom is -0.323 e. The van der Waals surface area contributed by atoms with Gasteiger partial charge in [0.15, 0.2) is 10.6 Å². The Balaban J connectivity index is 1.84. The molecule has 0 atom stereocenters. The number of nitrogens with zero attached hydrogens (tertiary/aromatic N) is 2. The molecule has 0 bridgehead atoms. The highest BCUT2D eigenvalue weighted by Crippen LogP contribution is 2.23. The number of nitrogens with one attached hydrogen (secondary N) is 3. The summed E-state index contributed by atoms with van der Waals surface area (Å²) < 4.78 is 27.3. The lowest BCUT2D eigenvalue weighted by molar-refractivity contribution is -0.116. The smallest absolute Gasteiger partial charge is 0.244 e. The van der Waals surface area contributed by atoms with Gasteiger partial charge in [-0.1, -0.05) is 35.9 Å². The second kappa shape index (κ2) is 7.95. The van der Waals surface area contributed by atoms with Gasteiger partial charge < -0.3 is 5.32 Å². The van der Waals surface area contributed by atoms with Crippen LogP contribution in [0, 0.1) is 11.7 Å². The summed E-state index contributed by atoms with van der Waals surface area (Å²) in [5.41, 5.74) is 2.53. The molecule has 0 aliphatic heterocycles. The normalized spacial score (nSPS) is 11.2. The molecule has 0 aliphatic rings. The van der Waals surface area contributed by atoms with Crippen LogP contribution in [0.25, 0.3) is 11.4 Å². The molecule has 1 aromatic heterocycles. The first-order valence-corrected chi connectivity index (χ1v) is 10.6. The van der Waals surface area contributed by atoms with Crippen molar-refractivity contribution in [3.05, 3.63) is 58.9 Å². The van der Waals surface area contributed by atoms with Gasteiger partial charge in [0.2, 0.25) is 15.9 Å². The second-order valence-electron chi connectivity index (χ2n) is 6.28. The predicted octanol–water partition coefficient (Wildman–Crippen LogP) is 2.93. The lowest BCUT2D eigenvalue weighted by atomic mass is 10.1. The molecule has 3 rings (SSSR count). The van der Waals surface area contributed by atoms with E-state index in [-0.39, 0.29) is 18.1 Å². The van der Waals surface area contributed by atoms with Crippen molar-refractivity contribution >= 4 is 39.5 Å². The van der Waals surface area contributed by atoms with Crippen molar-refractivity contribution < 1.29 is 13.2 Å². The predicted molar refractivity (Wildman–Crippen MR) is 111 cm³/mol. The number of carbonyl (C=O) groups excluding carboxylic acids is 1. The number of aromatic amines is 1. The summed E-state index contributed by atoms with van der Waals surface area (Å²) in [4.78, 5) is 12.6. The van der Waals surface area contributed by atoms with Crippen LogP contribution in [0.3, 0.4) is 0 Å². The Morgan fingerprint density at radius 2 is 1.89 bits per heavy atom. The van der Waals surface area contributed by atoms with Crippen LogP contribution in [0.15, 0.2) is 48.5 Å². The van der Waals surface area contributed by atoms with Crippen LogP contribution in [0.5, 0.6) is 0 Å². The van der Waals surface area contributed by atoms with Gasteiger partial charge in [-0.05, 0) is 37.3 Å². The van der Waals surface area contributed by atoms with Crippen LogP contribution >= 0.6 is 12.2 Å². The van der Waals surface area contributed by atoms with Crippen molar-refractivity contribution in [3.8, 4) is 11.4 Å². The fourth-order valence-electron chi connectivity index (χ4n) is 2.68. The molecule has 0 unspecified atom stereocenters. The summed E-state index contributed by atoms with van der Waals surface area (Å²) in [6, 6.07) is 14.3. The van der Waals surface area contributed by atoms with E-state index >= 15 is 0 Å². The average molecular weight is 418 g/mol. The van der Waals surface area contributed by atoms with E-state index in [1.54, 1.807) is 28.8 Å². The standard InChI is InChI=1S/C18H19N5O3S2/c1-12-6-5-7-13(10-12)17-20-21-18(27)23(17)11-16(24)19-14-8-3-4-9-15(14)22-28(2,25)26/h3-10,22H,11H2,1-2H3,(H,19,24)(H,21,27). The van der Waals surface area contributed by atoms with Crippen LogP contribution in [0.1, 0.15) is 5.56 Å². The molecule has 1 heterocycles. The van der Waals surface area contributed by atoms with E-state index in [9.17, 15) is 13.2 Å². The number of para-hydroxylation sites is 2. The first-order chi connectivity index (χ1) is 13.2. The Kier molecular flexibility index (Phi) is 5.61. The monoisotopic (exact) mass is 417 g/mol. The van der Waals surface area contributed by atoms with E-state index in [4.69, 9.17) is 12.2 Å². The average Bonchev–Trinajstić information content (AvgIpc) is 2.96. The number of aromatic nitrogens is 3. The molecule has 8 nitrogen and oxygen atoms in total. The molecule has 0 fully saturated rings.